The van der Waals surface area contributed by atoms with Crippen LogP contribution >= 0.6 is 0 Å². The quantitative estimate of drug-likeness (QED) is 0.406. The van der Waals surface area contributed by atoms with Gasteiger partial charge in [-0.2, -0.15) is 0 Å². The second-order valence-corrected chi connectivity index (χ2v) is 13.3. The smallest absolute Gasteiger partial charge is 0.330 e. The fraction of sp³-hybridized carbons (Fsp3) is 0.333. The maximum atomic E-state index is 9.44. The maximum absolute atomic E-state index is 9.44. The minimum atomic E-state index is -2.50. The second-order valence-electron chi connectivity index (χ2n) is 6.46. The van der Waals surface area contributed by atoms with Gasteiger partial charge in [0.15, 0.2) is 0 Å². The first kappa shape index (κ1) is 26.7. The molecule has 2 unspecified atom stereocenters. The third kappa shape index (κ3) is 8.32. The third-order valence-electron chi connectivity index (χ3n) is 4.22. The van der Waals surface area contributed by atoms with Crippen molar-refractivity contribution in [1.29, 1.82) is 0 Å². The average Bonchev–Trinajstić information content (AvgIpc) is 2.59. The van der Waals surface area contributed by atoms with Crippen LogP contribution in [0, 0.1) is 0 Å². The molecule has 0 saturated carbocycles. The summed E-state index contributed by atoms with van der Waals surface area (Å²) in [5, 5.41) is 18.9. The van der Waals surface area contributed by atoms with Crippen LogP contribution in [0.1, 0.15) is 11.1 Å². The molecule has 0 spiro atoms. The van der Waals surface area contributed by atoms with Gasteiger partial charge in [0.25, 0.3) is 0 Å². The molecule has 0 aliphatic rings. The summed E-state index contributed by atoms with van der Waals surface area (Å²) >= 11 is 0. The fourth-order valence-electron chi connectivity index (χ4n) is 2.73. The van der Waals surface area contributed by atoms with E-state index in [9.17, 15) is 10.2 Å². The van der Waals surface area contributed by atoms with Crippen LogP contribution < -0.4 is 0 Å². The first-order valence-electron chi connectivity index (χ1n) is 8.14. The minimum absolute atomic E-state index is 0. The van der Waals surface area contributed by atoms with Crippen LogP contribution in [-0.4, -0.2) is 41.6 Å². The molecule has 0 aromatic heterocycles. The van der Waals surface area contributed by atoms with Crippen molar-refractivity contribution in [2.75, 3.05) is 14.2 Å². The largest absolute Gasteiger partial charge is 0.508 e. The molecule has 0 aliphatic carbocycles. The van der Waals surface area contributed by atoms with E-state index in [1.807, 2.05) is 37.4 Å². The first-order chi connectivity index (χ1) is 11.8. The Hall–Kier alpha value is -0.270. The molecule has 27 heavy (non-hydrogen) atoms. The van der Waals surface area contributed by atoms with Crippen LogP contribution in [-0.2, 0) is 67.2 Å². The van der Waals surface area contributed by atoms with Gasteiger partial charge in [0.05, 0.1) is 0 Å². The zero-order valence-corrected chi connectivity index (χ0v) is 23.8. The molecule has 0 amide bonds. The summed E-state index contributed by atoms with van der Waals surface area (Å²) in [5.74, 6) is 0.489. The van der Waals surface area contributed by atoms with E-state index in [0.29, 0.717) is 12.1 Å². The second kappa shape index (κ2) is 11.7. The maximum Gasteiger partial charge on any atom is 0.330 e. The number of hydrogen-bond acceptors (Lipinski definition) is 5. The van der Waals surface area contributed by atoms with Gasteiger partial charge in [-0.3, -0.25) is 0 Å². The van der Waals surface area contributed by atoms with Crippen molar-refractivity contribution in [2.45, 2.75) is 25.2 Å². The molecule has 0 saturated heterocycles. The molecule has 2 rings (SSSR count). The molecule has 2 N–H and O–H groups in total. The summed E-state index contributed by atoms with van der Waals surface area (Å²) in [4.78, 5) is 0. The van der Waals surface area contributed by atoms with Gasteiger partial charge in [0.2, 0.25) is 0 Å². The average molecular weight is 746 g/mol. The molecule has 0 bridgehead atoms. The summed E-state index contributed by atoms with van der Waals surface area (Å²) < 4.78 is 18.1. The number of phenolic OH excluding ortho intramolecular Hbond substituents is 2. The van der Waals surface area contributed by atoms with E-state index in [2.05, 4.69) is 0 Å². The Balaban J connectivity index is 0.00000338. The predicted octanol–water partition coefficient (Wildman–Crippen LogP) is 3.41. The third-order valence-corrected chi connectivity index (χ3v) is 11.5. The minimum Gasteiger partial charge on any atom is -0.508 e. The number of benzene rings is 2. The Kier molecular flexibility index (Phi) is 11.5. The molecule has 0 aliphatic heterocycles. The van der Waals surface area contributed by atoms with Gasteiger partial charge in [-0.05, 0) is 48.5 Å². The Morgan fingerprint density at radius 2 is 0.963 bits per heavy atom. The van der Waals surface area contributed by atoms with Crippen LogP contribution in [0.4, 0.5) is 0 Å². The summed E-state index contributed by atoms with van der Waals surface area (Å²) in [6, 6.07) is 15.6. The standard InChI is InChI=1S/C18H26O5Si2.2W/c1-21-24(3,13-15-5-9-17(19)10-6-15)23-25(4,22-2)14-16-7-11-18(20)12-8-16;;/h5-12,19-20H,13-14H2,1-4H3;;. The van der Waals surface area contributed by atoms with E-state index in [0.717, 1.165) is 11.1 Å². The van der Waals surface area contributed by atoms with Gasteiger partial charge in [-0.1, -0.05) is 24.3 Å². The Labute approximate surface area is 192 Å². The van der Waals surface area contributed by atoms with Crippen molar-refractivity contribution >= 4 is 17.1 Å². The number of rotatable bonds is 8. The van der Waals surface area contributed by atoms with Gasteiger partial charge in [0.1, 0.15) is 11.5 Å². The van der Waals surface area contributed by atoms with Crippen molar-refractivity contribution in [3.8, 4) is 11.5 Å². The summed E-state index contributed by atoms with van der Waals surface area (Å²) in [6.07, 6.45) is 0. The molecule has 2 aromatic carbocycles. The molecular formula is C18H26O5Si2W2. The van der Waals surface area contributed by atoms with Gasteiger partial charge in [-0.25, -0.2) is 0 Å². The van der Waals surface area contributed by atoms with Crippen LogP contribution in [0.25, 0.3) is 0 Å². The number of aromatic hydroxyl groups is 2. The fourth-order valence-corrected chi connectivity index (χ4v) is 9.87. The van der Waals surface area contributed by atoms with E-state index in [-0.39, 0.29) is 53.6 Å². The van der Waals surface area contributed by atoms with Crippen molar-refractivity contribution in [3.63, 3.8) is 0 Å². The Morgan fingerprint density at radius 3 is 1.22 bits per heavy atom. The van der Waals surface area contributed by atoms with Crippen molar-refractivity contribution in [1.82, 2.24) is 0 Å². The van der Waals surface area contributed by atoms with Crippen molar-refractivity contribution in [2.24, 2.45) is 0 Å². The van der Waals surface area contributed by atoms with E-state index in [1.54, 1.807) is 38.5 Å². The first-order valence-corrected chi connectivity index (χ1v) is 13.2. The Bertz CT molecular complexity index is 628. The normalized spacial score (nSPS) is 15.0. The zero-order chi connectivity index (χ0) is 18.5. The molecule has 2 aromatic rings. The van der Waals surface area contributed by atoms with E-state index in [4.69, 9.17) is 13.0 Å². The molecule has 5 nitrogen and oxygen atoms in total. The van der Waals surface area contributed by atoms with Gasteiger partial charge >= 0.3 is 17.1 Å². The summed E-state index contributed by atoms with van der Waals surface area (Å²) in [6.45, 7) is 4.06. The van der Waals surface area contributed by atoms with Gasteiger partial charge in [-0.15, -0.1) is 0 Å². The molecule has 2 atom stereocenters. The van der Waals surface area contributed by atoms with Crippen molar-refractivity contribution in [3.05, 3.63) is 59.7 Å². The summed E-state index contributed by atoms with van der Waals surface area (Å²) in [5.41, 5.74) is 2.12. The van der Waals surface area contributed by atoms with Crippen LogP contribution in [0.2, 0.25) is 13.1 Å². The van der Waals surface area contributed by atoms with E-state index < -0.39 is 17.1 Å². The van der Waals surface area contributed by atoms with Gasteiger partial charge < -0.3 is 23.2 Å². The van der Waals surface area contributed by atoms with Crippen LogP contribution in [0.5, 0.6) is 11.5 Å². The number of phenols is 2. The Morgan fingerprint density at radius 1 is 0.667 bits per heavy atom. The van der Waals surface area contributed by atoms with E-state index in [1.165, 1.54) is 0 Å². The SMILES string of the molecule is CO[Si](C)(Cc1ccc(O)cc1)O[Si](C)(Cc1ccc(O)cc1)OC.[W].[W]. The van der Waals surface area contributed by atoms with Crippen molar-refractivity contribution < 1.29 is 65.3 Å². The topological polar surface area (TPSA) is 68.2 Å². The van der Waals surface area contributed by atoms with Crippen LogP contribution in [0.15, 0.2) is 48.5 Å². The monoisotopic (exact) mass is 746 g/mol. The molecule has 9 heteroatoms. The predicted molar refractivity (Wildman–Crippen MR) is 102 cm³/mol. The number of hydrogen-bond donors (Lipinski definition) is 2. The van der Waals surface area contributed by atoms with Gasteiger partial charge in [0, 0.05) is 68.4 Å². The summed E-state index contributed by atoms with van der Waals surface area (Å²) in [7, 11) is -1.64. The van der Waals surface area contributed by atoms with Crippen LogP contribution in [0.3, 0.4) is 0 Å². The van der Waals surface area contributed by atoms with E-state index >= 15 is 0 Å². The molecule has 0 radical (unpaired) electrons. The molecule has 0 heterocycles. The molecular weight excluding hydrogens is 720 g/mol. The molecule has 0 fully saturated rings. The zero-order valence-electron chi connectivity index (χ0n) is 16.0. The molecule has 148 valence electrons.